The van der Waals surface area contributed by atoms with Crippen LogP contribution in [0.4, 0.5) is 0 Å². The van der Waals surface area contributed by atoms with Crippen LogP contribution in [0.15, 0.2) is 0 Å². The van der Waals surface area contributed by atoms with Gasteiger partial charge in [0.15, 0.2) is 0 Å². The Kier molecular flexibility index (Phi) is 6.95. The molecule has 1 heterocycles. The van der Waals surface area contributed by atoms with Gasteiger partial charge in [0.2, 0.25) is 11.8 Å². The number of hydrogen-bond donors (Lipinski definition) is 1. The highest BCUT2D eigenvalue weighted by molar-refractivity contribution is 5.95. The molecule has 20 heavy (non-hydrogen) atoms. The number of likely N-dealkylation sites (N-methyl/N-ethyl adjacent to an activating group) is 1. The molecule has 1 aliphatic heterocycles. The van der Waals surface area contributed by atoms with Crippen LogP contribution in [0.1, 0.15) is 20.3 Å². The average Bonchev–Trinajstić information content (AvgIpc) is 2.40. The Morgan fingerprint density at radius 1 is 1.40 bits per heavy atom. The molecule has 1 rings (SSSR count). The first-order valence-electron chi connectivity index (χ1n) is 7.26. The molecule has 1 aliphatic rings. The fourth-order valence-electron chi connectivity index (χ4n) is 2.06. The van der Waals surface area contributed by atoms with Crippen molar-refractivity contribution in [2.75, 3.05) is 46.9 Å². The molecule has 1 N–H and O–H groups in total. The molecule has 0 aliphatic carbocycles. The largest absolute Gasteiger partial charge is 0.378 e. The highest BCUT2D eigenvalue weighted by Crippen LogP contribution is 2.14. The third kappa shape index (κ3) is 5.09. The number of amides is 2. The van der Waals surface area contributed by atoms with E-state index < -0.39 is 0 Å². The van der Waals surface area contributed by atoms with Crippen LogP contribution < -0.4 is 5.32 Å². The van der Waals surface area contributed by atoms with Crippen LogP contribution in [0.5, 0.6) is 0 Å². The van der Waals surface area contributed by atoms with E-state index in [1.54, 1.807) is 4.90 Å². The molecule has 2 amide bonds. The molecule has 0 aromatic carbocycles. The predicted octanol–water partition coefficient (Wildman–Crippen LogP) is -0.0623. The van der Waals surface area contributed by atoms with Crippen LogP contribution in [0.3, 0.4) is 0 Å². The third-order valence-electron chi connectivity index (χ3n) is 3.63. The number of carbonyl (C=O) groups excluding carboxylic acids is 2. The van der Waals surface area contributed by atoms with Gasteiger partial charge >= 0.3 is 0 Å². The molecule has 0 aromatic heterocycles. The van der Waals surface area contributed by atoms with E-state index in [2.05, 4.69) is 5.32 Å². The van der Waals surface area contributed by atoms with Gasteiger partial charge in [-0.1, -0.05) is 20.3 Å². The summed E-state index contributed by atoms with van der Waals surface area (Å²) < 4.78 is 5.49. The predicted molar refractivity (Wildman–Crippen MR) is 77.3 cm³/mol. The Labute approximate surface area is 121 Å². The second kappa shape index (κ2) is 8.21. The minimum absolute atomic E-state index is 0.00941. The summed E-state index contributed by atoms with van der Waals surface area (Å²) >= 11 is 0. The third-order valence-corrected chi connectivity index (χ3v) is 3.63. The summed E-state index contributed by atoms with van der Waals surface area (Å²) in [4.78, 5) is 27.6. The van der Waals surface area contributed by atoms with Gasteiger partial charge in [-0.15, -0.1) is 0 Å². The van der Waals surface area contributed by atoms with E-state index in [4.69, 9.17) is 4.74 Å². The minimum Gasteiger partial charge on any atom is -0.378 e. The van der Waals surface area contributed by atoms with Crippen molar-refractivity contribution >= 4 is 11.8 Å². The van der Waals surface area contributed by atoms with Crippen LogP contribution >= 0.6 is 0 Å². The van der Waals surface area contributed by atoms with Crippen LogP contribution in [0.2, 0.25) is 0 Å². The van der Waals surface area contributed by atoms with Crippen molar-refractivity contribution in [3.8, 4) is 0 Å². The number of ether oxygens (including phenoxy) is 1. The van der Waals surface area contributed by atoms with E-state index in [1.807, 2.05) is 32.8 Å². The number of nitrogens with zero attached hydrogens (tertiary/aromatic N) is 2. The SMILES string of the molecule is CCC(C)C1NC(=O)CN(CCOCCN(C)C)C1=O. The zero-order valence-corrected chi connectivity index (χ0v) is 13.0. The highest BCUT2D eigenvalue weighted by Gasteiger charge is 2.34. The van der Waals surface area contributed by atoms with Crippen molar-refractivity contribution < 1.29 is 14.3 Å². The lowest BCUT2D eigenvalue weighted by molar-refractivity contribution is -0.146. The molecular formula is C14H27N3O3. The standard InChI is InChI=1S/C14H27N3O3/c1-5-11(2)13-14(19)17(10-12(18)15-13)7-9-20-8-6-16(3)4/h11,13H,5-10H2,1-4H3,(H,15,18). The summed E-state index contributed by atoms with van der Waals surface area (Å²) in [5.41, 5.74) is 0. The van der Waals surface area contributed by atoms with E-state index in [0.29, 0.717) is 19.8 Å². The van der Waals surface area contributed by atoms with Gasteiger partial charge in [-0.2, -0.15) is 0 Å². The second-order valence-electron chi connectivity index (χ2n) is 5.61. The Morgan fingerprint density at radius 3 is 2.70 bits per heavy atom. The Bertz CT molecular complexity index is 334. The zero-order chi connectivity index (χ0) is 15.1. The van der Waals surface area contributed by atoms with Gasteiger partial charge in [-0.05, 0) is 20.0 Å². The molecule has 2 atom stereocenters. The lowest BCUT2D eigenvalue weighted by Crippen LogP contribution is -2.60. The Morgan fingerprint density at radius 2 is 2.10 bits per heavy atom. The maximum absolute atomic E-state index is 12.3. The average molecular weight is 285 g/mol. The van der Waals surface area contributed by atoms with E-state index in [-0.39, 0.29) is 30.3 Å². The number of piperazine rings is 1. The van der Waals surface area contributed by atoms with Crippen molar-refractivity contribution in [3.05, 3.63) is 0 Å². The summed E-state index contributed by atoms with van der Waals surface area (Å²) in [7, 11) is 3.97. The molecule has 1 fully saturated rings. The maximum atomic E-state index is 12.3. The molecule has 0 bridgehead atoms. The molecule has 0 spiro atoms. The maximum Gasteiger partial charge on any atom is 0.245 e. The fraction of sp³-hybridized carbons (Fsp3) is 0.857. The molecule has 6 nitrogen and oxygen atoms in total. The molecule has 0 saturated carbocycles. The van der Waals surface area contributed by atoms with Gasteiger partial charge in [0.1, 0.15) is 6.04 Å². The van der Waals surface area contributed by atoms with Crippen LogP contribution in [-0.4, -0.2) is 74.6 Å². The van der Waals surface area contributed by atoms with Gasteiger partial charge in [-0.3, -0.25) is 9.59 Å². The lowest BCUT2D eigenvalue weighted by atomic mass is 9.96. The molecule has 1 saturated heterocycles. The van der Waals surface area contributed by atoms with Crippen LogP contribution in [0.25, 0.3) is 0 Å². The van der Waals surface area contributed by atoms with Crippen molar-refractivity contribution in [1.82, 2.24) is 15.1 Å². The van der Waals surface area contributed by atoms with E-state index in [1.165, 1.54) is 0 Å². The quantitative estimate of drug-likeness (QED) is 0.635. The van der Waals surface area contributed by atoms with E-state index in [9.17, 15) is 9.59 Å². The van der Waals surface area contributed by atoms with Gasteiger partial charge in [-0.25, -0.2) is 0 Å². The first-order chi connectivity index (χ1) is 9.45. The van der Waals surface area contributed by atoms with Crippen molar-refractivity contribution in [2.24, 2.45) is 5.92 Å². The van der Waals surface area contributed by atoms with Gasteiger partial charge < -0.3 is 19.9 Å². The number of nitrogens with one attached hydrogen (secondary N) is 1. The summed E-state index contributed by atoms with van der Waals surface area (Å²) in [5.74, 6) is 0.0854. The summed E-state index contributed by atoms with van der Waals surface area (Å²) in [6, 6.07) is -0.386. The van der Waals surface area contributed by atoms with Crippen molar-refractivity contribution in [1.29, 1.82) is 0 Å². The molecular weight excluding hydrogens is 258 g/mol. The Hall–Kier alpha value is -1.14. The molecule has 0 aromatic rings. The summed E-state index contributed by atoms with van der Waals surface area (Å²) in [5, 5.41) is 2.79. The van der Waals surface area contributed by atoms with E-state index in [0.717, 1.165) is 13.0 Å². The van der Waals surface area contributed by atoms with E-state index >= 15 is 0 Å². The fourth-order valence-corrected chi connectivity index (χ4v) is 2.06. The van der Waals surface area contributed by atoms with Gasteiger partial charge in [0, 0.05) is 13.1 Å². The number of rotatable bonds is 8. The first-order valence-corrected chi connectivity index (χ1v) is 7.26. The van der Waals surface area contributed by atoms with Crippen LogP contribution in [-0.2, 0) is 14.3 Å². The molecule has 0 radical (unpaired) electrons. The summed E-state index contributed by atoms with van der Waals surface area (Å²) in [6.45, 7) is 6.59. The van der Waals surface area contributed by atoms with Gasteiger partial charge in [0.25, 0.3) is 0 Å². The zero-order valence-electron chi connectivity index (χ0n) is 13.0. The molecule has 2 unspecified atom stereocenters. The molecule has 6 heteroatoms. The normalized spacial score (nSPS) is 21.2. The van der Waals surface area contributed by atoms with Crippen LogP contribution in [0, 0.1) is 5.92 Å². The lowest BCUT2D eigenvalue weighted by Gasteiger charge is -2.35. The smallest absolute Gasteiger partial charge is 0.245 e. The second-order valence-corrected chi connectivity index (χ2v) is 5.61. The topological polar surface area (TPSA) is 61.9 Å². The number of carbonyl (C=O) groups is 2. The van der Waals surface area contributed by atoms with Crippen molar-refractivity contribution in [2.45, 2.75) is 26.3 Å². The summed E-state index contributed by atoms with van der Waals surface area (Å²) in [6.07, 6.45) is 0.865. The highest BCUT2D eigenvalue weighted by atomic mass is 16.5. The minimum atomic E-state index is -0.386. The van der Waals surface area contributed by atoms with Gasteiger partial charge in [0.05, 0.1) is 19.8 Å². The number of hydrogen-bond acceptors (Lipinski definition) is 4. The Balaban J connectivity index is 2.40. The van der Waals surface area contributed by atoms with Crippen molar-refractivity contribution in [3.63, 3.8) is 0 Å². The first kappa shape index (κ1) is 16.9. The molecule has 116 valence electrons. The monoisotopic (exact) mass is 285 g/mol.